The van der Waals surface area contributed by atoms with Crippen LogP contribution in [0.15, 0.2) is 54.6 Å². The maximum Gasteiger partial charge on any atom is 0.338 e. The fraction of sp³-hybridized carbons (Fsp3) is 0.176. The third-order valence-electron chi connectivity index (χ3n) is 2.97. The molecule has 0 spiro atoms. The van der Waals surface area contributed by atoms with Crippen molar-refractivity contribution in [2.45, 2.75) is 6.42 Å². The Kier molecular flexibility index (Phi) is 5.65. The number of carbonyl (C=O) groups is 2. The van der Waals surface area contributed by atoms with E-state index in [1.807, 2.05) is 30.3 Å². The Balaban J connectivity index is 1.70. The Labute approximate surface area is 127 Å². The van der Waals surface area contributed by atoms with Crippen LogP contribution in [0.4, 0.5) is 4.39 Å². The molecule has 0 saturated heterocycles. The predicted octanol–water partition coefficient (Wildman–Crippen LogP) is 2.34. The number of hydrogen-bond donors (Lipinski definition) is 1. The van der Waals surface area contributed by atoms with Gasteiger partial charge in [0.05, 0.1) is 5.56 Å². The van der Waals surface area contributed by atoms with Crippen LogP contribution in [0.3, 0.4) is 0 Å². The molecule has 22 heavy (non-hydrogen) atoms. The van der Waals surface area contributed by atoms with E-state index in [-0.39, 0.29) is 18.1 Å². The van der Waals surface area contributed by atoms with Crippen LogP contribution in [0.25, 0.3) is 0 Å². The number of halogens is 1. The fourth-order valence-corrected chi connectivity index (χ4v) is 1.87. The number of carbonyl (C=O) groups excluding carboxylic acids is 2. The van der Waals surface area contributed by atoms with Gasteiger partial charge in [0.1, 0.15) is 5.82 Å². The van der Waals surface area contributed by atoms with Crippen molar-refractivity contribution in [3.05, 3.63) is 71.5 Å². The van der Waals surface area contributed by atoms with Gasteiger partial charge in [-0.05, 0) is 30.2 Å². The summed E-state index contributed by atoms with van der Waals surface area (Å²) >= 11 is 0. The van der Waals surface area contributed by atoms with Gasteiger partial charge in [-0.2, -0.15) is 0 Å². The first-order valence-electron chi connectivity index (χ1n) is 6.88. The Hall–Kier alpha value is -2.69. The number of hydrogen-bond acceptors (Lipinski definition) is 3. The SMILES string of the molecule is O=C(COC(=O)c1cccc(F)c1)NCCc1ccccc1. The first-order valence-corrected chi connectivity index (χ1v) is 6.88. The minimum absolute atomic E-state index is 0.0806. The first kappa shape index (κ1) is 15.7. The maximum atomic E-state index is 13.0. The molecule has 1 amide bonds. The zero-order valence-electron chi connectivity index (χ0n) is 11.9. The molecule has 0 atom stereocenters. The lowest BCUT2D eigenvalue weighted by atomic mass is 10.1. The van der Waals surface area contributed by atoms with Crippen molar-refractivity contribution in [3.8, 4) is 0 Å². The number of nitrogens with one attached hydrogen (secondary N) is 1. The summed E-state index contributed by atoms with van der Waals surface area (Å²) < 4.78 is 17.8. The summed E-state index contributed by atoms with van der Waals surface area (Å²) in [5, 5.41) is 2.66. The number of amides is 1. The Morgan fingerprint density at radius 3 is 2.55 bits per heavy atom. The zero-order valence-corrected chi connectivity index (χ0v) is 11.9. The largest absolute Gasteiger partial charge is 0.452 e. The molecule has 2 aromatic carbocycles. The summed E-state index contributed by atoms with van der Waals surface area (Å²) in [6.45, 7) is 0.0739. The van der Waals surface area contributed by atoms with Gasteiger partial charge in [-0.25, -0.2) is 9.18 Å². The predicted molar refractivity (Wildman–Crippen MR) is 79.8 cm³/mol. The van der Waals surface area contributed by atoms with E-state index < -0.39 is 11.8 Å². The molecular weight excluding hydrogens is 285 g/mol. The highest BCUT2D eigenvalue weighted by Gasteiger charge is 2.10. The molecule has 0 aromatic heterocycles. The highest BCUT2D eigenvalue weighted by molar-refractivity contribution is 5.91. The van der Waals surface area contributed by atoms with Gasteiger partial charge in [0, 0.05) is 6.54 Å². The molecule has 0 aliphatic heterocycles. The van der Waals surface area contributed by atoms with Crippen LogP contribution in [-0.2, 0) is 16.0 Å². The van der Waals surface area contributed by atoms with Crippen molar-refractivity contribution in [2.75, 3.05) is 13.2 Å². The minimum Gasteiger partial charge on any atom is -0.452 e. The molecule has 0 aliphatic rings. The van der Waals surface area contributed by atoms with Gasteiger partial charge in [0.15, 0.2) is 6.61 Å². The number of esters is 1. The van der Waals surface area contributed by atoms with Gasteiger partial charge < -0.3 is 10.1 Å². The van der Waals surface area contributed by atoms with E-state index in [9.17, 15) is 14.0 Å². The molecule has 5 heteroatoms. The summed E-state index contributed by atoms with van der Waals surface area (Å²) in [7, 11) is 0. The van der Waals surface area contributed by atoms with E-state index >= 15 is 0 Å². The van der Waals surface area contributed by atoms with Crippen LogP contribution in [0, 0.1) is 5.82 Å². The van der Waals surface area contributed by atoms with E-state index in [0.717, 1.165) is 11.6 Å². The number of benzene rings is 2. The average Bonchev–Trinajstić information content (AvgIpc) is 2.53. The third-order valence-corrected chi connectivity index (χ3v) is 2.97. The van der Waals surface area contributed by atoms with Crippen molar-refractivity contribution in [1.29, 1.82) is 0 Å². The van der Waals surface area contributed by atoms with E-state index in [2.05, 4.69) is 5.32 Å². The van der Waals surface area contributed by atoms with Crippen LogP contribution >= 0.6 is 0 Å². The van der Waals surface area contributed by atoms with E-state index in [1.54, 1.807) is 0 Å². The van der Waals surface area contributed by atoms with Crippen molar-refractivity contribution in [1.82, 2.24) is 5.32 Å². The van der Waals surface area contributed by atoms with Crippen molar-refractivity contribution in [3.63, 3.8) is 0 Å². The standard InChI is InChI=1S/C17H16FNO3/c18-15-8-4-7-14(11-15)17(21)22-12-16(20)19-10-9-13-5-2-1-3-6-13/h1-8,11H,9-10,12H2,(H,19,20). The minimum atomic E-state index is -0.724. The molecule has 0 bridgehead atoms. The van der Waals surface area contributed by atoms with E-state index in [0.29, 0.717) is 13.0 Å². The second-order valence-electron chi connectivity index (χ2n) is 4.67. The Morgan fingerprint density at radius 2 is 1.82 bits per heavy atom. The van der Waals surface area contributed by atoms with E-state index in [4.69, 9.17) is 4.74 Å². The zero-order chi connectivity index (χ0) is 15.8. The lowest BCUT2D eigenvalue weighted by Crippen LogP contribution is -2.30. The quantitative estimate of drug-likeness (QED) is 0.833. The summed E-state index contributed by atoms with van der Waals surface area (Å²) in [6.07, 6.45) is 0.699. The molecule has 0 fully saturated rings. The number of ether oxygens (including phenoxy) is 1. The van der Waals surface area contributed by atoms with Gasteiger partial charge in [-0.1, -0.05) is 36.4 Å². The highest BCUT2D eigenvalue weighted by atomic mass is 19.1. The van der Waals surface area contributed by atoms with Crippen LogP contribution in [0.1, 0.15) is 15.9 Å². The van der Waals surface area contributed by atoms with Gasteiger partial charge in [0.25, 0.3) is 5.91 Å². The monoisotopic (exact) mass is 301 g/mol. The summed E-state index contributed by atoms with van der Waals surface area (Å²) in [4.78, 5) is 23.2. The smallest absolute Gasteiger partial charge is 0.338 e. The maximum absolute atomic E-state index is 13.0. The first-order chi connectivity index (χ1) is 10.6. The molecule has 4 nitrogen and oxygen atoms in total. The topological polar surface area (TPSA) is 55.4 Å². The molecule has 0 heterocycles. The number of rotatable bonds is 6. The normalized spacial score (nSPS) is 10.0. The molecule has 0 saturated carbocycles. The van der Waals surface area contributed by atoms with Crippen LogP contribution in [0.2, 0.25) is 0 Å². The van der Waals surface area contributed by atoms with Crippen molar-refractivity contribution in [2.24, 2.45) is 0 Å². The second kappa shape index (κ2) is 7.93. The van der Waals surface area contributed by atoms with Gasteiger partial charge in [0.2, 0.25) is 0 Å². The van der Waals surface area contributed by atoms with Gasteiger partial charge in [-0.3, -0.25) is 4.79 Å². The van der Waals surface area contributed by atoms with Gasteiger partial charge >= 0.3 is 5.97 Å². The molecular formula is C17H16FNO3. The summed E-state index contributed by atoms with van der Waals surface area (Å²) in [6, 6.07) is 14.9. The molecule has 114 valence electrons. The van der Waals surface area contributed by atoms with Crippen molar-refractivity contribution < 1.29 is 18.7 Å². The summed E-state index contributed by atoms with van der Waals surface area (Å²) in [5.74, 6) is -1.64. The fourth-order valence-electron chi connectivity index (χ4n) is 1.87. The second-order valence-corrected chi connectivity index (χ2v) is 4.67. The Morgan fingerprint density at radius 1 is 1.05 bits per heavy atom. The molecule has 0 aliphatic carbocycles. The molecule has 0 unspecified atom stereocenters. The van der Waals surface area contributed by atoms with Crippen LogP contribution < -0.4 is 5.32 Å². The lowest BCUT2D eigenvalue weighted by molar-refractivity contribution is -0.124. The third kappa shape index (κ3) is 5.01. The van der Waals surface area contributed by atoms with Crippen molar-refractivity contribution >= 4 is 11.9 Å². The Bertz CT molecular complexity index is 643. The molecule has 2 rings (SSSR count). The summed E-state index contributed by atoms with van der Waals surface area (Å²) in [5.41, 5.74) is 1.19. The highest BCUT2D eigenvalue weighted by Crippen LogP contribution is 2.05. The average molecular weight is 301 g/mol. The molecule has 2 aromatic rings. The van der Waals surface area contributed by atoms with Crippen LogP contribution in [-0.4, -0.2) is 25.0 Å². The van der Waals surface area contributed by atoms with Crippen LogP contribution in [0.5, 0.6) is 0 Å². The lowest BCUT2D eigenvalue weighted by Gasteiger charge is -2.07. The molecule has 1 N–H and O–H groups in total. The molecule has 0 radical (unpaired) electrons. The van der Waals surface area contributed by atoms with Gasteiger partial charge in [-0.15, -0.1) is 0 Å². The van der Waals surface area contributed by atoms with E-state index in [1.165, 1.54) is 18.2 Å².